The van der Waals surface area contributed by atoms with Gasteiger partial charge in [-0.05, 0) is 12.4 Å². The van der Waals surface area contributed by atoms with Gasteiger partial charge >= 0.3 is 0 Å². The summed E-state index contributed by atoms with van der Waals surface area (Å²) in [7, 11) is -1.75. The van der Waals surface area contributed by atoms with E-state index in [2.05, 4.69) is 37.4 Å². The lowest BCUT2D eigenvalue weighted by Crippen LogP contribution is -2.44. The minimum Gasteiger partial charge on any atom is -0.0917 e. The summed E-state index contributed by atoms with van der Waals surface area (Å²) in [6.07, 6.45) is 4.01. The highest BCUT2D eigenvalue weighted by atomic mass is 28.3. The number of benzene rings is 1. The summed E-state index contributed by atoms with van der Waals surface area (Å²) in [5.74, 6) is 0. The Labute approximate surface area is 90.1 Å². The Morgan fingerprint density at radius 3 is 2.36 bits per heavy atom. The van der Waals surface area contributed by atoms with E-state index in [-0.39, 0.29) is 0 Å². The summed E-state index contributed by atoms with van der Waals surface area (Å²) in [5, 5.41) is 1.35. The first-order chi connectivity index (χ1) is 6.92. The Balaban J connectivity index is 3.12. The molecule has 0 N–H and O–H groups in total. The standard InChI is InChI=1S/C13H20Si/c1-5-9-12(2)14(3,4)13-10-7-6-8-11-13/h5-12H,1-4H3/b9-5+/t12-/m0/s1/i12D. The van der Waals surface area contributed by atoms with Crippen LogP contribution < -0.4 is 5.19 Å². The first kappa shape index (κ1) is 9.72. The molecule has 0 unspecified atom stereocenters. The van der Waals surface area contributed by atoms with Crippen LogP contribution in [0.1, 0.15) is 15.2 Å². The third kappa shape index (κ3) is 2.35. The molecule has 0 saturated heterocycles. The maximum atomic E-state index is 8.44. The van der Waals surface area contributed by atoms with E-state index in [1.165, 1.54) is 5.19 Å². The molecule has 0 spiro atoms. The van der Waals surface area contributed by atoms with E-state index in [1.54, 1.807) is 0 Å². The van der Waals surface area contributed by atoms with Gasteiger partial charge in [-0.15, -0.1) is 0 Å². The highest BCUT2D eigenvalue weighted by Crippen LogP contribution is 2.22. The molecule has 0 aromatic heterocycles. The van der Waals surface area contributed by atoms with Crippen LogP contribution in [0.5, 0.6) is 0 Å². The van der Waals surface area contributed by atoms with Crippen LogP contribution in [0, 0.1) is 0 Å². The van der Waals surface area contributed by atoms with Crippen LogP contribution in [-0.4, -0.2) is 8.07 Å². The molecule has 0 aliphatic rings. The summed E-state index contributed by atoms with van der Waals surface area (Å²) in [5.41, 5.74) is -0.441. The second-order valence-corrected chi connectivity index (χ2v) is 8.79. The second-order valence-electron chi connectivity index (χ2n) is 4.17. The molecule has 1 atom stereocenters. The fourth-order valence-corrected chi connectivity index (χ4v) is 3.61. The second kappa shape index (κ2) is 4.60. The Kier molecular flexibility index (Phi) is 3.20. The molecule has 0 aliphatic heterocycles. The molecule has 14 heavy (non-hydrogen) atoms. The molecule has 0 bridgehead atoms. The van der Waals surface area contributed by atoms with Crippen molar-refractivity contribution in [3.05, 3.63) is 42.5 Å². The van der Waals surface area contributed by atoms with E-state index >= 15 is 0 Å². The summed E-state index contributed by atoms with van der Waals surface area (Å²) >= 11 is 0. The summed E-state index contributed by atoms with van der Waals surface area (Å²) < 4.78 is 8.44. The predicted molar refractivity (Wildman–Crippen MR) is 67.8 cm³/mol. The van der Waals surface area contributed by atoms with Crippen LogP contribution in [0.2, 0.25) is 18.6 Å². The minimum absolute atomic E-state index is 0.441. The van der Waals surface area contributed by atoms with Crippen molar-refractivity contribution in [1.29, 1.82) is 0 Å². The number of allylic oxidation sites excluding steroid dienone is 2. The van der Waals surface area contributed by atoms with Crippen molar-refractivity contribution in [2.24, 2.45) is 0 Å². The molecular formula is C13H20Si. The van der Waals surface area contributed by atoms with Gasteiger partial charge < -0.3 is 0 Å². The van der Waals surface area contributed by atoms with Crippen molar-refractivity contribution in [3.8, 4) is 0 Å². The van der Waals surface area contributed by atoms with Crippen LogP contribution in [0.15, 0.2) is 42.5 Å². The van der Waals surface area contributed by atoms with Gasteiger partial charge in [0, 0.05) is 1.37 Å². The van der Waals surface area contributed by atoms with Gasteiger partial charge in [0.1, 0.15) is 0 Å². The fraction of sp³-hybridized carbons (Fsp3) is 0.385. The molecule has 1 aromatic carbocycles. The van der Waals surface area contributed by atoms with Crippen molar-refractivity contribution in [1.82, 2.24) is 0 Å². The fourth-order valence-electron chi connectivity index (χ4n) is 1.54. The molecule has 0 radical (unpaired) electrons. The maximum absolute atomic E-state index is 8.44. The quantitative estimate of drug-likeness (QED) is 0.523. The number of hydrogen-bond acceptors (Lipinski definition) is 0. The smallest absolute Gasteiger partial charge is 0.0871 e. The van der Waals surface area contributed by atoms with Gasteiger partial charge in [-0.1, -0.05) is 67.7 Å². The Hall–Kier alpha value is -0.823. The molecule has 0 aliphatic carbocycles. The lowest BCUT2D eigenvalue weighted by atomic mass is 10.4. The van der Waals surface area contributed by atoms with E-state index in [0.717, 1.165) is 0 Å². The van der Waals surface area contributed by atoms with Crippen LogP contribution in [0.4, 0.5) is 0 Å². The molecule has 1 heteroatoms. The van der Waals surface area contributed by atoms with Gasteiger partial charge in [-0.2, -0.15) is 0 Å². The van der Waals surface area contributed by atoms with Crippen LogP contribution in [0.3, 0.4) is 0 Å². The first-order valence-corrected chi connectivity index (χ1v) is 8.11. The largest absolute Gasteiger partial charge is 0.0917 e. The highest BCUT2D eigenvalue weighted by Gasteiger charge is 2.28. The Bertz CT molecular complexity index is 339. The first-order valence-electron chi connectivity index (χ1n) is 5.61. The molecule has 0 heterocycles. The molecule has 0 saturated carbocycles. The summed E-state index contributed by atoms with van der Waals surface area (Å²) in [6.45, 7) is 8.53. The van der Waals surface area contributed by atoms with E-state index in [9.17, 15) is 0 Å². The molecule has 0 fully saturated rings. The SMILES string of the molecule is [2H][C@](C)(/C=C/C)[Si](C)(C)c1ccccc1. The van der Waals surface area contributed by atoms with Gasteiger partial charge in [-0.3, -0.25) is 0 Å². The third-order valence-corrected chi connectivity index (χ3v) is 6.81. The molecule has 1 aromatic rings. The van der Waals surface area contributed by atoms with Crippen LogP contribution in [-0.2, 0) is 0 Å². The molecular weight excluding hydrogens is 184 g/mol. The van der Waals surface area contributed by atoms with Crippen molar-refractivity contribution in [2.75, 3.05) is 0 Å². The van der Waals surface area contributed by atoms with Gasteiger partial charge in [0.25, 0.3) is 0 Å². The zero-order chi connectivity index (χ0) is 11.5. The van der Waals surface area contributed by atoms with Gasteiger partial charge in [-0.25, -0.2) is 0 Å². The Morgan fingerprint density at radius 2 is 1.86 bits per heavy atom. The lowest BCUT2D eigenvalue weighted by Gasteiger charge is -2.28. The van der Waals surface area contributed by atoms with E-state index in [1.807, 2.05) is 32.1 Å². The monoisotopic (exact) mass is 205 g/mol. The average molecular weight is 205 g/mol. The van der Waals surface area contributed by atoms with Crippen molar-refractivity contribution >= 4 is 13.3 Å². The van der Waals surface area contributed by atoms with Gasteiger partial charge in [0.15, 0.2) is 0 Å². The van der Waals surface area contributed by atoms with Gasteiger partial charge in [0.05, 0.1) is 8.07 Å². The zero-order valence-corrected chi connectivity index (χ0v) is 10.5. The molecule has 0 nitrogen and oxygen atoms in total. The van der Waals surface area contributed by atoms with Crippen LogP contribution >= 0.6 is 0 Å². The molecule has 76 valence electrons. The van der Waals surface area contributed by atoms with Crippen molar-refractivity contribution in [3.63, 3.8) is 0 Å². The summed E-state index contributed by atoms with van der Waals surface area (Å²) in [4.78, 5) is 0. The molecule has 0 amide bonds. The van der Waals surface area contributed by atoms with E-state index in [4.69, 9.17) is 1.37 Å². The predicted octanol–water partition coefficient (Wildman–Crippen LogP) is 3.57. The average Bonchev–Trinajstić information content (AvgIpc) is 2.19. The summed E-state index contributed by atoms with van der Waals surface area (Å²) in [6, 6.07) is 10.5. The Morgan fingerprint density at radius 1 is 1.29 bits per heavy atom. The highest BCUT2D eigenvalue weighted by molar-refractivity contribution is 6.91. The van der Waals surface area contributed by atoms with E-state index < -0.39 is 13.6 Å². The zero-order valence-electron chi connectivity index (χ0n) is 10.5. The minimum atomic E-state index is -1.75. The lowest BCUT2D eigenvalue weighted by molar-refractivity contribution is 1.13. The molecule has 1 rings (SSSR count). The maximum Gasteiger partial charge on any atom is 0.0871 e. The normalized spacial score (nSPS) is 17.9. The van der Waals surface area contributed by atoms with Gasteiger partial charge in [0.2, 0.25) is 0 Å². The van der Waals surface area contributed by atoms with Crippen molar-refractivity contribution < 1.29 is 1.37 Å². The topological polar surface area (TPSA) is 0 Å². The number of rotatable bonds is 3. The third-order valence-electron chi connectivity index (χ3n) is 2.90. The number of hydrogen-bond donors (Lipinski definition) is 0. The van der Waals surface area contributed by atoms with E-state index in [0.29, 0.717) is 0 Å². The van der Waals surface area contributed by atoms with Crippen molar-refractivity contribution in [2.45, 2.75) is 32.5 Å². The van der Waals surface area contributed by atoms with Crippen LogP contribution in [0.25, 0.3) is 0 Å².